The van der Waals surface area contributed by atoms with E-state index >= 15 is 0 Å². The molecule has 0 bridgehead atoms. The van der Waals surface area contributed by atoms with Crippen LogP contribution in [0.2, 0.25) is 5.02 Å². The summed E-state index contributed by atoms with van der Waals surface area (Å²) in [4.78, 5) is 22.5. The Morgan fingerprint density at radius 3 is 2.46 bits per heavy atom. The lowest BCUT2D eigenvalue weighted by Gasteiger charge is -2.18. The Labute approximate surface area is 209 Å². The summed E-state index contributed by atoms with van der Waals surface area (Å²) in [6.45, 7) is 5.03. The van der Waals surface area contributed by atoms with Gasteiger partial charge in [0.1, 0.15) is 10.8 Å². The molecule has 3 rings (SSSR count). The van der Waals surface area contributed by atoms with E-state index in [1.165, 1.54) is 6.20 Å². The van der Waals surface area contributed by atoms with Gasteiger partial charge in [-0.25, -0.2) is 13.4 Å². The van der Waals surface area contributed by atoms with Crippen LogP contribution >= 0.6 is 11.6 Å². The molecule has 0 atom stereocenters. The van der Waals surface area contributed by atoms with Crippen molar-refractivity contribution in [3.8, 4) is 5.75 Å². The SMILES string of the molecule is CCN(CC)C(=O)COc1cccc(Nc2ncc(Cl)c(Nc3ccccc3NS(C)(=O)=O)n2)c1. The highest BCUT2D eigenvalue weighted by Crippen LogP contribution is 2.30. The van der Waals surface area contributed by atoms with Gasteiger partial charge in [0.15, 0.2) is 12.4 Å². The predicted octanol–water partition coefficient (Wildman–Crippen LogP) is 4.24. The Morgan fingerprint density at radius 1 is 1.06 bits per heavy atom. The summed E-state index contributed by atoms with van der Waals surface area (Å²) >= 11 is 6.27. The third kappa shape index (κ3) is 7.72. The van der Waals surface area contributed by atoms with Crippen LogP contribution in [0.5, 0.6) is 5.75 Å². The van der Waals surface area contributed by atoms with Gasteiger partial charge in [0.2, 0.25) is 16.0 Å². The first kappa shape index (κ1) is 26.0. The smallest absolute Gasteiger partial charge is 0.260 e. The van der Waals surface area contributed by atoms with Crippen molar-refractivity contribution in [2.45, 2.75) is 13.8 Å². The first-order valence-electron chi connectivity index (χ1n) is 10.8. The number of amides is 1. The summed E-state index contributed by atoms with van der Waals surface area (Å²) < 4.78 is 31.4. The quantitative estimate of drug-likeness (QED) is 0.344. The van der Waals surface area contributed by atoms with E-state index in [4.69, 9.17) is 16.3 Å². The van der Waals surface area contributed by atoms with Gasteiger partial charge in [-0.2, -0.15) is 4.98 Å². The Hall–Kier alpha value is -3.57. The molecule has 12 heteroatoms. The first-order valence-corrected chi connectivity index (χ1v) is 13.1. The number of para-hydroxylation sites is 2. The maximum Gasteiger partial charge on any atom is 0.260 e. The molecular weight excluding hydrogens is 492 g/mol. The molecule has 1 amide bonds. The number of aromatic nitrogens is 2. The number of sulfonamides is 1. The van der Waals surface area contributed by atoms with E-state index in [-0.39, 0.29) is 29.3 Å². The molecule has 0 unspecified atom stereocenters. The van der Waals surface area contributed by atoms with Crippen molar-refractivity contribution in [3.63, 3.8) is 0 Å². The molecule has 0 aliphatic carbocycles. The summed E-state index contributed by atoms with van der Waals surface area (Å²) in [5, 5.41) is 6.36. The number of carbonyl (C=O) groups is 1. The normalized spacial score (nSPS) is 11.0. The highest BCUT2D eigenvalue weighted by Gasteiger charge is 2.13. The fraction of sp³-hybridized carbons (Fsp3) is 0.261. The Bertz CT molecular complexity index is 1280. The molecule has 1 heterocycles. The molecule has 3 aromatic rings. The molecular formula is C23H27ClN6O4S. The number of nitrogens with one attached hydrogen (secondary N) is 3. The zero-order valence-electron chi connectivity index (χ0n) is 19.6. The van der Waals surface area contributed by atoms with Crippen LogP contribution in [0.4, 0.5) is 28.8 Å². The number of hydrogen-bond acceptors (Lipinski definition) is 8. The van der Waals surface area contributed by atoms with E-state index in [0.29, 0.717) is 35.9 Å². The lowest BCUT2D eigenvalue weighted by molar-refractivity contribution is -0.132. The van der Waals surface area contributed by atoms with E-state index in [9.17, 15) is 13.2 Å². The van der Waals surface area contributed by atoms with Crippen molar-refractivity contribution >= 4 is 56.4 Å². The number of anilines is 5. The minimum absolute atomic E-state index is 0.0580. The maximum atomic E-state index is 12.2. The number of rotatable bonds is 11. The topological polar surface area (TPSA) is 126 Å². The van der Waals surface area contributed by atoms with Crippen LogP contribution < -0.4 is 20.1 Å². The second kappa shape index (κ2) is 11.7. The molecule has 10 nitrogen and oxygen atoms in total. The van der Waals surface area contributed by atoms with Gasteiger partial charge in [-0.1, -0.05) is 29.8 Å². The van der Waals surface area contributed by atoms with Gasteiger partial charge in [-0.15, -0.1) is 0 Å². The zero-order chi connectivity index (χ0) is 25.4. The van der Waals surface area contributed by atoms with Crippen LogP contribution in [-0.4, -0.2) is 55.1 Å². The fourth-order valence-corrected chi connectivity index (χ4v) is 3.84. The molecule has 0 saturated carbocycles. The van der Waals surface area contributed by atoms with Gasteiger partial charge < -0.3 is 20.3 Å². The van der Waals surface area contributed by atoms with Crippen LogP contribution in [0.1, 0.15) is 13.8 Å². The summed E-state index contributed by atoms with van der Waals surface area (Å²) in [5.74, 6) is 0.963. The van der Waals surface area contributed by atoms with Gasteiger partial charge in [0.25, 0.3) is 5.91 Å². The summed E-state index contributed by atoms with van der Waals surface area (Å²) in [7, 11) is -3.48. The van der Waals surface area contributed by atoms with E-state index in [2.05, 4.69) is 25.3 Å². The highest BCUT2D eigenvalue weighted by molar-refractivity contribution is 7.92. The number of nitrogens with zero attached hydrogens (tertiary/aromatic N) is 3. The van der Waals surface area contributed by atoms with Crippen LogP contribution in [0, 0.1) is 0 Å². The lowest BCUT2D eigenvalue weighted by Crippen LogP contribution is -2.34. The molecule has 0 saturated heterocycles. The molecule has 0 fully saturated rings. The number of carbonyl (C=O) groups excluding carboxylic acids is 1. The average molecular weight is 519 g/mol. The van der Waals surface area contributed by atoms with E-state index in [1.807, 2.05) is 13.8 Å². The average Bonchev–Trinajstić information content (AvgIpc) is 2.81. The maximum absolute atomic E-state index is 12.2. The van der Waals surface area contributed by atoms with Gasteiger partial charge in [-0.05, 0) is 38.1 Å². The highest BCUT2D eigenvalue weighted by atomic mass is 35.5. The first-order chi connectivity index (χ1) is 16.7. The van der Waals surface area contributed by atoms with Gasteiger partial charge in [-0.3, -0.25) is 9.52 Å². The molecule has 0 radical (unpaired) electrons. The minimum Gasteiger partial charge on any atom is -0.484 e. The molecule has 0 aliphatic rings. The van der Waals surface area contributed by atoms with Crippen molar-refractivity contribution in [1.29, 1.82) is 0 Å². The zero-order valence-corrected chi connectivity index (χ0v) is 21.2. The molecule has 35 heavy (non-hydrogen) atoms. The number of benzene rings is 2. The Kier molecular flexibility index (Phi) is 8.72. The molecule has 186 valence electrons. The Morgan fingerprint density at radius 2 is 1.77 bits per heavy atom. The van der Waals surface area contributed by atoms with Crippen LogP contribution in [0.15, 0.2) is 54.7 Å². The van der Waals surface area contributed by atoms with Gasteiger partial charge in [0.05, 0.1) is 23.8 Å². The lowest BCUT2D eigenvalue weighted by atomic mass is 10.2. The summed E-state index contributed by atoms with van der Waals surface area (Å²) in [6.07, 6.45) is 2.50. The Balaban J connectivity index is 1.74. The second-order valence-corrected chi connectivity index (χ2v) is 9.60. The minimum atomic E-state index is -3.48. The predicted molar refractivity (Wildman–Crippen MR) is 138 cm³/mol. The van der Waals surface area contributed by atoms with Gasteiger partial charge >= 0.3 is 0 Å². The van der Waals surface area contributed by atoms with Crippen LogP contribution in [0.25, 0.3) is 0 Å². The second-order valence-electron chi connectivity index (χ2n) is 7.44. The van der Waals surface area contributed by atoms with Crippen molar-refractivity contribution in [2.24, 2.45) is 0 Å². The van der Waals surface area contributed by atoms with Crippen molar-refractivity contribution in [3.05, 3.63) is 59.8 Å². The molecule has 2 aromatic carbocycles. The molecule has 3 N–H and O–H groups in total. The standard InChI is InChI=1S/C23H27ClN6O4S/c1-4-30(5-2)21(31)15-34-17-10-8-9-16(13-17)26-23-25-14-18(24)22(28-23)27-19-11-6-7-12-20(19)29-35(3,32)33/h6-14,29H,4-5,15H2,1-3H3,(H2,25,26,27,28). The van der Waals surface area contributed by atoms with Crippen molar-refractivity contribution in [2.75, 3.05) is 41.3 Å². The van der Waals surface area contributed by atoms with Crippen molar-refractivity contribution in [1.82, 2.24) is 14.9 Å². The number of ether oxygens (including phenoxy) is 1. The monoisotopic (exact) mass is 518 g/mol. The van der Waals surface area contributed by atoms with E-state index in [0.717, 1.165) is 6.26 Å². The number of halogens is 1. The molecule has 1 aromatic heterocycles. The summed E-state index contributed by atoms with van der Waals surface area (Å²) in [6, 6.07) is 13.8. The van der Waals surface area contributed by atoms with Gasteiger partial charge in [0, 0.05) is 24.8 Å². The van der Waals surface area contributed by atoms with Crippen LogP contribution in [-0.2, 0) is 14.8 Å². The molecule has 0 spiro atoms. The molecule has 0 aliphatic heterocycles. The van der Waals surface area contributed by atoms with E-state index < -0.39 is 10.0 Å². The van der Waals surface area contributed by atoms with Crippen molar-refractivity contribution < 1.29 is 17.9 Å². The summed E-state index contributed by atoms with van der Waals surface area (Å²) in [5.41, 5.74) is 1.46. The fourth-order valence-electron chi connectivity index (χ4n) is 3.13. The number of hydrogen-bond donors (Lipinski definition) is 3. The largest absolute Gasteiger partial charge is 0.484 e. The van der Waals surface area contributed by atoms with Crippen LogP contribution in [0.3, 0.4) is 0 Å². The van der Waals surface area contributed by atoms with E-state index in [1.54, 1.807) is 53.4 Å². The third-order valence-corrected chi connectivity index (χ3v) is 5.66. The number of likely N-dealkylation sites (N-methyl/N-ethyl adjacent to an activating group) is 1. The third-order valence-electron chi connectivity index (χ3n) is 4.79.